The maximum Gasteiger partial charge on any atom is 0.0367 e. The van der Waals surface area contributed by atoms with Crippen molar-refractivity contribution in [2.45, 2.75) is 39.2 Å². The number of para-hydroxylation sites is 1. The average Bonchev–Trinajstić information content (AvgIpc) is 2.47. The average molecular weight is 289 g/mol. The van der Waals surface area contributed by atoms with Crippen LogP contribution in [0.1, 0.15) is 33.6 Å². The molecule has 0 saturated carbocycles. The van der Waals surface area contributed by atoms with E-state index in [0.717, 1.165) is 19.6 Å². The maximum absolute atomic E-state index is 3.56. The molecule has 1 aliphatic rings. The number of piperazine rings is 1. The summed E-state index contributed by atoms with van der Waals surface area (Å²) in [6.45, 7) is 13.8. The lowest BCUT2D eigenvalue weighted by atomic mass is 10.1. The molecule has 0 aromatic heterocycles. The zero-order chi connectivity index (χ0) is 15.1. The quantitative estimate of drug-likeness (QED) is 0.812. The first kappa shape index (κ1) is 16.3. The van der Waals surface area contributed by atoms with E-state index < -0.39 is 0 Å². The van der Waals surface area contributed by atoms with E-state index in [0.29, 0.717) is 0 Å². The van der Waals surface area contributed by atoms with Crippen LogP contribution in [-0.4, -0.2) is 49.7 Å². The lowest BCUT2D eigenvalue weighted by molar-refractivity contribution is 0.251. The number of anilines is 1. The summed E-state index contributed by atoms with van der Waals surface area (Å²) < 4.78 is 0. The van der Waals surface area contributed by atoms with Crippen molar-refractivity contribution in [2.24, 2.45) is 0 Å². The van der Waals surface area contributed by atoms with Gasteiger partial charge in [-0.05, 0) is 58.8 Å². The molecule has 1 aromatic rings. The fourth-order valence-electron chi connectivity index (χ4n) is 2.79. The molecule has 1 aromatic carbocycles. The summed E-state index contributed by atoms with van der Waals surface area (Å²) in [5.41, 5.74) is 1.62. The minimum atomic E-state index is 0.251. The topological polar surface area (TPSA) is 18.5 Å². The van der Waals surface area contributed by atoms with Gasteiger partial charge < -0.3 is 10.2 Å². The van der Waals surface area contributed by atoms with Crippen molar-refractivity contribution in [1.82, 2.24) is 10.2 Å². The van der Waals surface area contributed by atoms with E-state index >= 15 is 0 Å². The predicted molar refractivity (Wildman–Crippen MR) is 92.1 cm³/mol. The second kappa shape index (κ2) is 7.81. The van der Waals surface area contributed by atoms with Gasteiger partial charge in [0.05, 0.1) is 0 Å². The highest BCUT2D eigenvalue weighted by Crippen LogP contribution is 2.15. The summed E-state index contributed by atoms with van der Waals surface area (Å²) in [4.78, 5) is 5.11. The van der Waals surface area contributed by atoms with Crippen LogP contribution in [0, 0.1) is 0 Å². The Balaban J connectivity index is 1.59. The Bertz CT molecular complexity index is 389. The van der Waals surface area contributed by atoms with Crippen LogP contribution < -0.4 is 10.2 Å². The molecule has 2 rings (SSSR count). The second-order valence-corrected chi connectivity index (χ2v) is 7.05. The zero-order valence-electron chi connectivity index (χ0n) is 13.9. The van der Waals surface area contributed by atoms with Crippen molar-refractivity contribution in [3.63, 3.8) is 0 Å². The van der Waals surface area contributed by atoms with Gasteiger partial charge in [0.25, 0.3) is 0 Å². The molecule has 1 N–H and O–H groups in total. The fourth-order valence-corrected chi connectivity index (χ4v) is 2.79. The number of nitrogens with zero attached hydrogens (tertiary/aromatic N) is 2. The third-order valence-corrected chi connectivity index (χ3v) is 4.05. The number of hydrogen-bond donors (Lipinski definition) is 1. The van der Waals surface area contributed by atoms with E-state index in [1.54, 1.807) is 0 Å². The minimum absolute atomic E-state index is 0.251. The minimum Gasteiger partial charge on any atom is -0.369 e. The lowest BCUT2D eigenvalue weighted by Crippen LogP contribution is -2.46. The summed E-state index contributed by atoms with van der Waals surface area (Å²) in [5, 5.41) is 3.56. The first-order valence-electron chi connectivity index (χ1n) is 8.32. The third kappa shape index (κ3) is 6.06. The standard InChI is InChI=1S/C18H31N3/c1-18(2,3)19-11-7-8-12-20-13-15-21(16-14-20)17-9-5-4-6-10-17/h4-6,9-10,19H,7-8,11-16H2,1-3H3. The molecule has 0 spiro atoms. The molecule has 118 valence electrons. The number of hydrogen-bond acceptors (Lipinski definition) is 3. The summed E-state index contributed by atoms with van der Waals surface area (Å²) in [6, 6.07) is 10.8. The Kier molecular flexibility index (Phi) is 6.07. The van der Waals surface area contributed by atoms with Crippen LogP contribution in [-0.2, 0) is 0 Å². The van der Waals surface area contributed by atoms with Gasteiger partial charge in [0.2, 0.25) is 0 Å². The second-order valence-electron chi connectivity index (χ2n) is 7.05. The Labute approximate surface area is 130 Å². The normalized spacial score (nSPS) is 17.2. The number of unbranched alkanes of at least 4 members (excludes halogenated alkanes) is 1. The highest BCUT2D eigenvalue weighted by molar-refractivity contribution is 5.46. The van der Waals surface area contributed by atoms with Crippen LogP contribution in [0.4, 0.5) is 5.69 Å². The zero-order valence-corrected chi connectivity index (χ0v) is 13.9. The molecule has 1 saturated heterocycles. The van der Waals surface area contributed by atoms with Gasteiger partial charge in [-0.2, -0.15) is 0 Å². The van der Waals surface area contributed by atoms with Gasteiger partial charge >= 0.3 is 0 Å². The van der Waals surface area contributed by atoms with Crippen molar-refractivity contribution in [1.29, 1.82) is 0 Å². The van der Waals surface area contributed by atoms with Crippen molar-refractivity contribution in [3.8, 4) is 0 Å². The summed E-state index contributed by atoms with van der Waals surface area (Å²) in [7, 11) is 0. The van der Waals surface area contributed by atoms with Crippen molar-refractivity contribution >= 4 is 5.69 Å². The van der Waals surface area contributed by atoms with E-state index in [4.69, 9.17) is 0 Å². The maximum atomic E-state index is 3.56. The number of nitrogens with one attached hydrogen (secondary N) is 1. The number of benzene rings is 1. The molecule has 1 aliphatic heterocycles. The molecular formula is C18H31N3. The van der Waals surface area contributed by atoms with Gasteiger partial charge in [-0.15, -0.1) is 0 Å². The summed E-state index contributed by atoms with van der Waals surface area (Å²) in [6.07, 6.45) is 2.57. The first-order valence-corrected chi connectivity index (χ1v) is 8.32. The van der Waals surface area contributed by atoms with Crippen LogP contribution in [0.25, 0.3) is 0 Å². The van der Waals surface area contributed by atoms with Gasteiger partial charge in [0.15, 0.2) is 0 Å². The Morgan fingerprint density at radius 1 is 0.952 bits per heavy atom. The fraction of sp³-hybridized carbons (Fsp3) is 0.667. The van der Waals surface area contributed by atoms with Crippen LogP contribution >= 0.6 is 0 Å². The van der Waals surface area contributed by atoms with E-state index in [-0.39, 0.29) is 5.54 Å². The Morgan fingerprint density at radius 3 is 2.24 bits per heavy atom. The van der Waals surface area contributed by atoms with Crippen molar-refractivity contribution in [3.05, 3.63) is 30.3 Å². The highest BCUT2D eigenvalue weighted by Gasteiger charge is 2.16. The summed E-state index contributed by atoms with van der Waals surface area (Å²) in [5.74, 6) is 0. The van der Waals surface area contributed by atoms with E-state index in [1.165, 1.54) is 38.2 Å². The molecule has 0 amide bonds. The monoisotopic (exact) mass is 289 g/mol. The number of rotatable bonds is 6. The Hall–Kier alpha value is -1.06. The van der Waals surface area contributed by atoms with Gasteiger partial charge in [0, 0.05) is 37.4 Å². The largest absolute Gasteiger partial charge is 0.369 e. The molecule has 0 aliphatic carbocycles. The molecule has 0 bridgehead atoms. The molecule has 1 fully saturated rings. The lowest BCUT2D eigenvalue weighted by Gasteiger charge is -2.36. The van der Waals surface area contributed by atoms with Gasteiger partial charge in [-0.25, -0.2) is 0 Å². The van der Waals surface area contributed by atoms with Crippen LogP contribution in [0.3, 0.4) is 0 Å². The molecule has 0 atom stereocenters. The van der Waals surface area contributed by atoms with Crippen molar-refractivity contribution < 1.29 is 0 Å². The van der Waals surface area contributed by atoms with Gasteiger partial charge in [-0.1, -0.05) is 18.2 Å². The molecule has 3 heteroatoms. The third-order valence-electron chi connectivity index (χ3n) is 4.05. The smallest absolute Gasteiger partial charge is 0.0367 e. The molecule has 1 heterocycles. The summed E-state index contributed by atoms with van der Waals surface area (Å²) >= 11 is 0. The molecule has 0 unspecified atom stereocenters. The van der Waals surface area contributed by atoms with E-state index in [1.807, 2.05) is 0 Å². The van der Waals surface area contributed by atoms with Crippen LogP contribution in [0.15, 0.2) is 30.3 Å². The molecule has 0 radical (unpaired) electrons. The van der Waals surface area contributed by atoms with Gasteiger partial charge in [-0.3, -0.25) is 4.90 Å². The van der Waals surface area contributed by atoms with Crippen LogP contribution in [0.5, 0.6) is 0 Å². The SMILES string of the molecule is CC(C)(C)NCCCCN1CCN(c2ccccc2)CC1. The van der Waals surface area contributed by atoms with E-state index in [9.17, 15) is 0 Å². The molecule has 3 nitrogen and oxygen atoms in total. The molecule has 21 heavy (non-hydrogen) atoms. The predicted octanol–water partition coefficient (Wildman–Crippen LogP) is 2.98. The molecular weight excluding hydrogens is 258 g/mol. The van der Waals surface area contributed by atoms with Crippen LogP contribution in [0.2, 0.25) is 0 Å². The Morgan fingerprint density at radius 2 is 1.62 bits per heavy atom. The first-order chi connectivity index (χ1) is 10.0. The highest BCUT2D eigenvalue weighted by atomic mass is 15.3. The van der Waals surface area contributed by atoms with E-state index in [2.05, 4.69) is 66.2 Å². The van der Waals surface area contributed by atoms with Crippen molar-refractivity contribution in [2.75, 3.05) is 44.2 Å². The van der Waals surface area contributed by atoms with Gasteiger partial charge in [0.1, 0.15) is 0 Å².